The van der Waals surface area contributed by atoms with Crippen molar-refractivity contribution in [2.24, 2.45) is 23.7 Å². The highest BCUT2D eigenvalue weighted by Crippen LogP contribution is 2.54. The molecule has 3 aromatic carbocycles. The van der Waals surface area contributed by atoms with Crippen LogP contribution in [0.15, 0.2) is 54.7 Å². The number of nitrogens with zero attached hydrogens (tertiary/aromatic N) is 4. The largest absolute Gasteiger partial charge is 0.453 e. The van der Waals surface area contributed by atoms with E-state index in [1.807, 2.05) is 60.0 Å². The highest BCUT2D eigenvalue weighted by atomic mass is 19.1. The van der Waals surface area contributed by atoms with Gasteiger partial charge < -0.3 is 44.6 Å². The SMILES string of the molecule is COC(=O)N[C@H](C(=O)N1[C@@H]2C[C@@H]2C[C@H]1c1nc2ccc3cc(-c4ccc(-c5cnc([C@@H]6[C@H]7CC[C@H](C7)N6C(=O)[C@@H](NC(=O)OC)C6CCOCC6)[nH]5)c(F)c4)ccc3c2[nH]1)C(C)C. The van der Waals surface area contributed by atoms with E-state index in [-0.39, 0.29) is 53.7 Å². The van der Waals surface area contributed by atoms with Gasteiger partial charge in [0.05, 0.1) is 49.2 Å². The van der Waals surface area contributed by atoms with Gasteiger partial charge >= 0.3 is 12.2 Å². The van der Waals surface area contributed by atoms with Crippen molar-refractivity contribution in [3.05, 3.63) is 72.2 Å². The molecule has 15 nitrogen and oxygen atoms in total. The first-order valence-electron chi connectivity index (χ1n) is 22.2. The zero-order chi connectivity index (χ0) is 43.7. The van der Waals surface area contributed by atoms with Gasteiger partial charge in [-0.15, -0.1) is 0 Å². The first kappa shape index (κ1) is 41.0. The molecular weight excluding hydrogens is 808 g/mol. The molecule has 5 aromatic rings. The smallest absolute Gasteiger partial charge is 0.407 e. The van der Waals surface area contributed by atoms with Gasteiger partial charge in [0.2, 0.25) is 11.8 Å². The number of carbonyl (C=O) groups is 4. The number of carbonyl (C=O) groups excluding carboxylic acids is 4. The molecule has 63 heavy (non-hydrogen) atoms. The maximum Gasteiger partial charge on any atom is 0.407 e. The molecule has 0 radical (unpaired) electrons. The number of hydrogen-bond donors (Lipinski definition) is 4. The third-order valence-electron chi connectivity index (χ3n) is 14.3. The summed E-state index contributed by atoms with van der Waals surface area (Å²) in [6.07, 6.45) is 6.12. The maximum absolute atomic E-state index is 16.2. The second kappa shape index (κ2) is 16.3. The molecule has 2 aliphatic carbocycles. The maximum atomic E-state index is 16.2. The van der Waals surface area contributed by atoms with Gasteiger partial charge in [-0.2, -0.15) is 0 Å². The Kier molecular flexibility index (Phi) is 10.6. The van der Waals surface area contributed by atoms with Crippen LogP contribution in [-0.2, 0) is 23.8 Å². The Hall–Kier alpha value is -6.03. The van der Waals surface area contributed by atoms with E-state index in [4.69, 9.17) is 24.2 Å². The minimum absolute atomic E-state index is 0.0342. The van der Waals surface area contributed by atoms with Gasteiger partial charge in [-0.1, -0.05) is 38.1 Å². The predicted molar refractivity (Wildman–Crippen MR) is 230 cm³/mol. The van der Waals surface area contributed by atoms with Crippen molar-refractivity contribution >= 4 is 45.8 Å². The van der Waals surface area contributed by atoms with Crippen LogP contribution in [0.5, 0.6) is 0 Å². The van der Waals surface area contributed by atoms with E-state index in [1.54, 1.807) is 12.3 Å². The van der Waals surface area contributed by atoms with Gasteiger partial charge in [0.25, 0.3) is 0 Å². The van der Waals surface area contributed by atoms with Crippen molar-refractivity contribution in [2.45, 2.75) is 95.0 Å². The molecule has 0 spiro atoms. The normalized spacial score (nSPS) is 25.0. The van der Waals surface area contributed by atoms with Crippen LogP contribution >= 0.6 is 0 Å². The molecule has 4 amide bonds. The fraction of sp³-hybridized carbons (Fsp3) is 0.489. The second-order valence-corrected chi connectivity index (χ2v) is 18.3. The Morgan fingerprint density at radius 1 is 0.825 bits per heavy atom. The Balaban J connectivity index is 0.881. The first-order valence-corrected chi connectivity index (χ1v) is 22.2. The van der Waals surface area contributed by atoms with E-state index in [0.29, 0.717) is 54.6 Å². The van der Waals surface area contributed by atoms with Gasteiger partial charge in [-0.05, 0) is 109 Å². The van der Waals surface area contributed by atoms with Gasteiger partial charge in [0.15, 0.2) is 0 Å². The lowest BCUT2D eigenvalue weighted by Crippen LogP contribution is -2.55. The number of imidazole rings is 2. The summed E-state index contributed by atoms with van der Waals surface area (Å²) in [6.45, 7) is 4.87. The van der Waals surface area contributed by atoms with Crippen LogP contribution in [0.2, 0.25) is 0 Å². The molecule has 5 heterocycles. The van der Waals surface area contributed by atoms with E-state index in [0.717, 1.165) is 65.3 Å². The topological polar surface area (TPSA) is 184 Å². The number of amides is 4. The van der Waals surface area contributed by atoms with E-state index in [1.165, 1.54) is 20.3 Å². The number of nitrogens with one attached hydrogen (secondary N) is 4. The minimum Gasteiger partial charge on any atom is -0.453 e. The van der Waals surface area contributed by atoms with Crippen LogP contribution in [0, 0.1) is 29.5 Å². The molecular formula is C47H53FN8O7. The Morgan fingerprint density at radius 2 is 1.59 bits per heavy atom. The number of alkyl carbamates (subject to hydrolysis) is 2. The zero-order valence-corrected chi connectivity index (χ0v) is 35.9. The summed E-state index contributed by atoms with van der Waals surface area (Å²) < 4.78 is 31.4. The summed E-state index contributed by atoms with van der Waals surface area (Å²) in [7, 11) is 2.59. The Morgan fingerprint density at radius 3 is 2.35 bits per heavy atom. The lowest BCUT2D eigenvalue weighted by atomic mass is 9.89. The zero-order valence-electron chi connectivity index (χ0n) is 35.9. The molecule has 16 heteroatoms. The van der Waals surface area contributed by atoms with Crippen LogP contribution in [0.1, 0.15) is 82.5 Å². The van der Waals surface area contributed by atoms with Crippen molar-refractivity contribution in [1.82, 2.24) is 40.4 Å². The van der Waals surface area contributed by atoms with Gasteiger partial charge in [-0.3, -0.25) is 9.59 Å². The summed E-state index contributed by atoms with van der Waals surface area (Å²) in [5.74, 6) is 1.05. The van der Waals surface area contributed by atoms with Gasteiger partial charge in [0, 0.05) is 36.2 Å². The number of rotatable bonds is 10. The molecule has 5 aliphatic rings. The number of benzene rings is 3. The Labute approximate surface area is 363 Å². The van der Waals surface area contributed by atoms with Crippen molar-refractivity contribution < 1.29 is 37.8 Å². The summed E-state index contributed by atoms with van der Waals surface area (Å²) in [6, 6.07) is 13.3. The molecule has 5 fully saturated rings. The number of aromatic nitrogens is 4. The molecule has 3 saturated heterocycles. The second-order valence-electron chi connectivity index (χ2n) is 18.3. The molecule has 0 unspecified atom stereocenters. The summed E-state index contributed by atoms with van der Waals surface area (Å²) in [5.41, 5.74) is 4.10. The first-order chi connectivity index (χ1) is 30.5. The number of hydrogen-bond acceptors (Lipinski definition) is 9. The quantitative estimate of drug-likeness (QED) is 0.113. The molecule has 2 aromatic heterocycles. The fourth-order valence-electron chi connectivity index (χ4n) is 11.0. The van der Waals surface area contributed by atoms with Crippen LogP contribution in [0.4, 0.5) is 14.0 Å². The standard InChI is InChI=1S/C47H53FN8O7/c1-23(2)38(53-46(59)61-3)44(57)56-36-20-29(36)21-37(56)42-50-34-12-8-27-17-25(6-10-31(27)40(34)52-42)26-7-11-32(33(48)19-26)35-22-49-43(51-35)41-28-5-9-30(18-28)55(41)45(58)39(54-47(60)62-4)24-13-15-63-16-14-24/h6-8,10-12,17,19,22-24,28-30,36-39,41H,5,9,13-16,18,20-21H2,1-4H3,(H,49,51)(H,50,52)(H,53,59)(H,54,60)/t28-,29+,30+,36+,37-,38-,39-,41-/m0/s1. The molecule has 330 valence electrons. The molecule has 8 atom stereocenters. The monoisotopic (exact) mass is 860 g/mol. The van der Waals surface area contributed by atoms with E-state index >= 15 is 4.39 Å². The Bertz CT molecular complexity index is 2600. The average Bonchev–Trinajstić information content (AvgIpc) is 3.91. The predicted octanol–water partition coefficient (Wildman–Crippen LogP) is 7.16. The summed E-state index contributed by atoms with van der Waals surface area (Å²) >= 11 is 0. The molecule has 2 saturated carbocycles. The van der Waals surface area contributed by atoms with Crippen molar-refractivity contribution in [3.8, 4) is 22.4 Å². The van der Waals surface area contributed by atoms with Crippen LogP contribution in [0.25, 0.3) is 44.2 Å². The minimum atomic E-state index is -0.742. The van der Waals surface area contributed by atoms with E-state index in [9.17, 15) is 19.2 Å². The van der Waals surface area contributed by atoms with E-state index < -0.39 is 30.1 Å². The lowest BCUT2D eigenvalue weighted by molar-refractivity contribution is -0.140. The van der Waals surface area contributed by atoms with Crippen molar-refractivity contribution in [3.63, 3.8) is 0 Å². The van der Waals surface area contributed by atoms with Crippen LogP contribution in [-0.4, -0.2) is 105 Å². The average molecular weight is 861 g/mol. The summed E-state index contributed by atoms with van der Waals surface area (Å²) in [4.78, 5) is 73.4. The van der Waals surface area contributed by atoms with Crippen LogP contribution in [0.3, 0.4) is 0 Å². The molecule has 4 N–H and O–H groups in total. The van der Waals surface area contributed by atoms with Gasteiger partial charge in [0.1, 0.15) is 29.5 Å². The molecule has 3 aliphatic heterocycles. The van der Waals surface area contributed by atoms with Gasteiger partial charge in [-0.25, -0.2) is 23.9 Å². The van der Waals surface area contributed by atoms with Crippen molar-refractivity contribution in [2.75, 3.05) is 27.4 Å². The number of H-pyrrole nitrogens is 2. The number of ether oxygens (including phenoxy) is 3. The third-order valence-corrected chi connectivity index (χ3v) is 14.3. The van der Waals surface area contributed by atoms with Crippen molar-refractivity contribution in [1.29, 1.82) is 0 Å². The lowest BCUT2D eigenvalue weighted by Gasteiger charge is -2.39. The van der Waals surface area contributed by atoms with Crippen LogP contribution < -0.4 is 10.6 Å². The fourth-order valence-corrected chi connectivity index (χ4v) is 11.0. The number of likely N-dealkylation sites (tertiary alicyclic amines) is 2. The third kappa shape index (κ3) is 7.35. The number of piperidine rings is 2. The molecule has 10 rings (SSSR count). The highest BCUT2D eigenvalue weighted by Gasteiger charge is 2.56. The highest BCUT2D eigenvalue weighted by molar-refractivity contribution is 6.05. The van der Waals surface area contributed by atoms with E-state index in [2.05, 4.69) is 20.6 Å². The number of methoxy groups -OCH3 is 2. The number of aromatic amines is 2. The number of halogens is 1. The number of fused-ring (bicyclic) bond motifs is 6. The summed E-state index contributed by atoms with van der Waals surface area (Å²) in [5, 5.41) is 7.48. The molecule has 2 bridgehead atoms.